The summed E-state index contributed by atoms with van der Waals surface area (Å²) in [5, 5.41) is 9.94. The zero-order valence-electron chi connectivity index (χ0n) is 15.3. The van der Waals surface area contributed by atoms with Crippen LogP contribution < -0.4 is 5.32 Å². The second-order valence-corrected chi connectivity index (χ2v) is 8.51. The molecule has 4 rings (SSSR count). The van der Waals surface area contributed by atoms with Crippen LogP contribution in [0.3, 0.4) is 0 Å². The maximum Gasteiger partial charge on any atom is 0.229 e. The Morgan fingerprint density at radius 2 is 2.04 bits per heavy atom. The highest BCUT2D eigenvalue weighted by Crippen LogP contribution is 2.26. The van der Waals surface area contributed by atoms with Gasteiger partial charge in [0.1, 0.15) is 5.01 Å². The van der Waals surface area contributed by atoms with E-state index in [1.807, 2.05) is 52.1 Å². The number of hydrogen-bond donors (Lipinski definition) is 1. The van der Waals surface area contributed by atoms with Crippen molar-refractivity contribution in [2.75, 3.05) is 18.4 Å². The number of anilines is 1. The van der Waals surface area contributed by atoms with Gasteiger partial charge in [0, 0.05) is 35.1 Å². The predicted molar refractivity (Wildman–Crippen MR) is 114 cm³/mol. The standard InChI is InChI=1S/C21H21N3O2S2/c25-19(11-18-14-28-21(23-18)16-8-10-27-13-16)24-9-4-5-15(12-24)20(26)22-17-6-2-1-3-7-17/h1-3,6-8,10,13-15H,4-5,9,11-12H2,(H,22,26)/t15-/m1/s1. The van der Waals surface area contributed by atoms with Crippen LogP contribution in [0, 0.1) is 5.92 Å². The van der Waals surface area contributed by atoms with E-state index in [0.717, 1.165) is 34.8 Å². The summed E-state index contributed by atoms with van der Waals surface area (Å²) < 4.78 is 0. The van der Waals surface area contributed by atoms with Crippen LogP contribution in [-0.4, -0.2) is 34.8 Å². The van der Waals surface area contributed by atoms with Gasteiger partial charge in [0.05, 0.1) is 18.0 Å². The lowest BCUT2D eigenvalue weighted by Gasteiger charge is -2.32. The smallest absolute Gasteiger partial charge is 0.229 e. The fourth-order valence-corrected chi connectivity index (χ4v) is 4.89. The van der Waals surface area contributed by atoms with Crippen molar-refractivity contribution in [1.82, 2.24) is 9.88 Å². The van der Waals surface area contributed by atoms with Crippen molar-refractivity contribution < 1.29 is 9.59 Å². The summed E-state index contributed by atoms with van der Waals surface area (Å²) in [6.45, 7) is 1.18. The van der Waals surface area contributed by atoms with E-state index in [1.165, 1.54) is 0 Å². The molecule has 7 heteroatoms. The first-order valence-electron chi connectivity index (χ1n) is 9.30. The zero-order chi connectivity index (χ0) is 19.3. The number of nitrogens with zero attached hydrogens (tertiary/aromatic N) is 2. The van der Waals surface area contributed by atoms with E-state index in [2.05, 4.69) is 15.7 Å². The molecule has 28 heavy (non-hydrogen) atoms. The highest BCUT2D eigenvalue weighted by molar-refractivity contribution is 7.14. The van der Waals surface area contributed by atoms with Gasteiger partial charge in [-0.25, -0.2) is 4.98 Å². The van der Waals surface area contributed by atoms with Crippen LogP contribution in [0.5, 0.6) is 0 Å². The molecule has 1 atom stereocenters. The second-order valence-electron chi connectivity index (χ2n) is 6.87. The van der Waals surface area contributed by atoms with Crippen LogP contribution in [0.4, 0.5) is 5.69 Å². The number of amides is 2. The maximum atomic E-state index is 12.8. The van der Waals surface area contributed by atoms with Crippen LogP contribution in [0.15, 0.2) is 52.5 Å². The average molecular weight is 412 g/mol. The second kappa shape index (κ2) is 8.67. The first kappa shape index (κ1) is 18.8. The number of carbonyl (C=O) groups is 2. The molecule has 0 aliphatic carbocycles. The number of hydrogen-bond acceptors (Lipinski definition) is 5. The molecule has 1 aliphatic heterocycles. The molecule has 2 aromatic heterocycles. The monoisotopic (exact) mass is 411 g/mol. The van der Waals surface area contributed by atoms with Crippen LogP contribution in [0.25, 0.3) is 10.6 Å². The summed E-state index contributed by atoms with van der Waals surface area (Å²) in [5.41, 5.74) is 2.69. The van der Waals surface area contributed by atoms with E-state index in [0.29, 0.717) is 13.1 Å². The van der Waals surface area contributed by atoms with Crippen LogP contribution >= 0.6 is 22.7 Å². The number of benzene rings is 1. The van der Waals surface area contributed by atoms with Gasteiger partial charge in [-0.1, -0.05) is 18.2 Å². The van der Waals surface area contributed by atoms with Crippen molar-refractivity contribution >= 4 is 40.2 Å². The topological polar surface area (TPSA) is 62.3 Å². The van der Waals surface area contributed by atoms with Crippen molar-refractivity contribution in [3.63, 3.8) is 0 Å². The van der Waals surface area contributed by atoms with Crippen LogP contribution in [0.2, 0.25) is 0 Å². The first-order chi connectivity index (χ1) is 13.7. The number of nitrogens with one attached hydrogen (secondary N) is 1. The summed E-state index contributed by atoms with van der Waals surface area (Å²) in [5.74, 6) is -0.147. The molecule has 1 aliphatic rings. The van der Waals surface area contributed by atoms with Crippen LogP contribution in [0.1, 0.15) is 18.5 Å². The molecule has 1 aromatic carbocycles. The van der Waals surface area contributed by atoms with Gasteiger partial charge in [0.15, 0.2) is 0 Å². The van der Waals surface area contributed by atoms with Crippen LogP contribution in [-0.2, 0) is 16.0 Å². The molecule has 0 unspecified atom stereocenters. The number of thiophene rings is 1. The molecular formula is C21H21N3O2S2. The Kier molecular flexibility index (Phi) is 5.83. The fourth-order valence-electron chi connectivity index (χ4n) is 3.36. The molecule has 1 saturated heterocycles. The van der Waals surface area contributed by atoms with Gasteiger partial charge in [0.25, 0.3) is 0 Å². The Morgan fingerprint density at radius 3 is 2.82 bits per heavy atom. The summed E-state index contributed by atoms with van der Waals surface area (Å²) >= 11 is 3.20. The molecule has 3 heterocycles. The lowest BCUT2D eigenvalue weighted by atomic mass is 9.96. The Morgan fingerprint density at radius 1 is 1.18 bits per heavy atom. The largest absolute Gasteiger partial charge is 0.342 e. The molecule has 0 radical (unpaired) electrons. The number of likely N-dealkylation sites (tertiary alicyclic amines) is 1. The van der Waals surface area contributed by atoms with Crippen molar-refractivity contribution in [2.45, 2.75) is 19.3 Å². The number of carbonyl (C=O) groups excluding carboxylic acids is 2. The van der Waals surface area contributed by atoms with Crippen molar-refractivity contribution in [1.29, 1.82) is 0 Å². The van der Waals surface area contributed by atoms with Gasteiger partial charge in [0.2, 0.25) is 11.8 Å². The Balaban J connectivity index is 1.35. The molecule has 144 valence electrons. The maximum absolute atomic E-state index is 12.8. The molecule has 1 N–H and O–H groups in total. The third-order valence-electron chi connectivity index (χ3n) is 4.84. The number of aromatic nitrogens is 1. The number of piperidine rings is 1. The molecule has 0 bridgehead atoms. The van der Waals surface area contributed by atoms with E-state index in [1.54, 1.807) is 22.7 Å². The minimum Gasteiger partial charge on any atom is -0.342 e. The lowest BCUT2D eigenvalue weighted by molar-refractivity contribution is -0.134. The minimum absolute atomic E-state index is 0.0166. The molecule has 5 nitrogen and oxygen atoms in total. The molecule has 0 saturated carbocycles. The predicted octanol–water partition coefficient (Wildman–Crippen LogP) is 4.29. The van der Waals surface area contributed by atoms with Gasteiger partial charge in [-0.05, 0) is 36.4 Å². The van der Waals surface area contributed by atoms with Crippen molar-refractivity contribution in [3.05, 3.63) is 58.2 Å². The lowest BCUT2D eigenvalue weighted by Crippen LogP contribution is -2.44. The summed E-state index contributed by atoms with van der Waals surface area (Å²) in [6, 6.07) is 11.5. The highest BCUT2D eigenvalue weighted by Gasteiger charge is 2.28. The van der Waals surface area contributed by atoms with Gasteiger partial charge < -0.3 is 10.2 Å². The third-order valence-corrected chi connectivity index (χ3v) is 6.46. The number of para-hydroxylation sites is 1. The van der Waals surface area contributed by atoms with E-state index < -0.39 is 0 Å². The van der Waals surface area contributed by atoms with Gasteiger partial charge in [-0.2, -0.15) is 11.3 Å². The van der Waals surface area contributed by atoms with Gasteiger partial charge >= 0.3 is 0 Å². The number of thiazole rings is 1. The molecule has 1 fully saturated rings. The molecular weight excluding hydrogens is 390 g/mol. The van der Waals surface area contributed by atoms with E-state index >= 15 is 0 Å². The Labute approximate surface area is 172 Å². The Hall–Kier alpha value is -2.51. The van der Waals surface area contributed by atoms with E-state index in [9.17, 15) is 9.59 Å². The molecule has 2 amide bonds. The summed E-state index contributed by atoms with van der Waals surface area (Å²) in [6.07, 6.45) is 1.94. The Bertz CT molecular complexity index is 938. The fraction of sp³-hybridized carbons (Fsp3) is 0.286. The summed E-state index contributed by atoms with van der Waals surface area (Å²) in [4.78, 5) is 31.7. The van der Waals surface area contributed by atoms with E-state index in [4.69, 9.17) is 0 Å². The normalized spacial score (nSPS) is 16.7. The number of rotatable bonds is 5. The summed E-state index contributed by atoms with van der Waals surface area (Å²) in [7, 11) is 0. The molecule has 0 spiro atoms. The average Bonchev–Trinajstić information content (AvgIpc) is 3.40. The minimum atomic E-state index is -0.172. The van der Waals surface area contributed by atoms with Crippen molar-refractivity contribution in [2.24, 2.45) is 5.92 Å². The highest BCUT2D eigenvalue weighted by atomic mass is 32.1. The van der Waals surface area contributed by atoms with Crippen molar-refractivity contribution in [3.8, 4) is 10.6 Å². The zero-order valence-corrected chi connectivity index (χ0v) is 17.0. The third kappa shape index (κ3) is 4.48. The van der Waals surface area contributed by atoms with Gasteiger partial charge in [-0.15, -0.1) is 11.3 Å². The molecule has 3 aromatic rings. The SMILES string of the molecule is O=C(Nc1ccccc1)[C@@H]1CCCN(C(=O)Cc2csc(-c3ccsc3)n2)C1. The van der Waals surface area contributed by atoms with E-state index in [-0.39, 0.29) is 24.2 Å². The quantitative estimate of drug-likeness (QED) is 0.681. The van der Waals surface area contributed by atoms with Gasteiger partial charge in [-0.3, -0.25) is 9.59 Å². The first-order valence-corrected chi connectivity index (χ1v) is 11.1.